The van der Waals surface area contributed by atoms with E-state index in [2.05, 4.69) is 20.4 Å². The third kappa shape index (κ3) is 2.45. The Balaban J connectivity index is 1.96. The first-order chi connectivity index (χ1) is 9.66. The molecule has 6 nitrogen and oxygen atoms in total. The summed E-state index contributed by atoms with van der Waals surface area (Å²) in [4.78, 5) is 8.24. The topological polar surface area (TPSA) is 75.3 Å². The zero-order valence-electron chi connectivity index (χ0n) is 11.4. The predicted octanol–water partition coefficient (Wildman–Crippen LogP) is 2.19. The van der Waals surface area contributed by atoms with Crippen LogP contribution in [0.1, 0.15) is 37.7 Å². The maximum absolute atomic E-state index is 10.2. The Morgan fingerprint density at radius 3 is 3.00 bits per heavy atom. The zero-order chi connectivity index (χ0) is 14.1. The summed E-state index contributed by atoms with van der Waals surface area (Å²) in [5.74, 6) is 1.23. The zero-order valence-corrected chi connectivity index (χ0v) is 12.1. The van der Waals surface area contributed by atoms with Gasteiger partial charge < -0.3 is 10.4 Å². The Kier molecular flexibility index (Phi) is 3.76. The molecule has 0 aromatic carbocycles. The molecule has 2 unspecified atom stereocenters. The van der Waals surface area contributed by atoms with Gasteiger partial charge in [-0.15, -0.1) is 0 Å². The van der Waals surface area contributed by atoms with Crippen molar-refractivity contribution in [2.24, 2.45) is 0 Å². The molecule has 7 heteroatoms. The summed E-state index contributed by atoms with van der Waals surface area (Å²) >= 11 is 6.14. The van der Waals surface area contributed by atoms with Gasteiger partial charge in [-0.25, -0.2) is 0 Å². The molecule has 20 heavy (non-hydrogen) atoms. The molecule has 2 aromatic heterocycles. The summed E-state index contributed by atoms with van der Waals surface area (Å²) in [6.07, 6.45) is 6.24. The highest BCUT2D eigenvalue weighted by molar-refractivity contribution is 6.30. The number of nitrogens with one attached hydrogen (secondary N) is 1. The van der Waals surface area contributed by atoms with Crippen molar-refractivity contribution in [1.29, 1.82) is 0 Å². The van der Waals surface area contributed by atoms with Gasteiger partial charge >= 0.3 is 0 Å². The van der Waals surface area contributed by atoms with E-state index in [1.54, 1.807) is 4.52 Å². The minimum absolute atomic E-state index is 0.0158. The maximum atomic E-state index is 10.2. The van der Waals surface area contributed by atoms with Crippen molar-refractivity contribution >= 4 is 23.2 Å². The van der Waals surface area contributed by atoms with Crippen LogP contribution in [0.25, 0.3) is 5.78 Å². The lowest BCUT2D eigenvalue weighted by atomic mass is 10.1. The van der Waals surface area contributed by atoms with Gasteiger partial charge in [0.25, 0.3) is 5.78 Å². The number of hydrogen-bond acceptors (Lipinski definition) is 5. The number of aliphatic hydroxyl groups is 1. The molecule has 0 spiro atoms. The molecule has 2 heterocycles. The SMILES string of the molecule is Cc1c(Cl)nc2ncnn2c1NC1CCCCCC1O. The van der Waals surface area contributed by atoms with Crippen LogP contribution in [0, 0.1) is 6.92 Å². The molecule has 1 aliphatic rings. The maximum Gasteiger partial charge on any atom is 0.255 e. The third-order valence-corrected chi connectivity index (χ3v) is 4.27. The van der Waals surface area contributed by atoms with Gasteiger partial charge in [0.15, 0.2) is 0 Å². The standard InChI is InChI=1S/C13H18ClN5O/c1-8-11(14)18-13-15-7-16-19(13)12(8)17-9-5-3-2-4-6-10(9)20/h7,9-10,17,20H,2-6H2,1H3. The fourth-order valence-corrected chi connectivity index (χ4v) is 2.86. The number of halogens is 1. The Morgan fingerprint density at radius 1 is 1.35 bits per heavy atom. The molecule has 0 saturated heterocycles. The Bertz CT molecular complexity index is 614. The molecular formula is C13H18ClN5O. The summed E-state index contributed by atoms with van der Waals surface area (Å²) in [6.45, 7) is 1.89. The quantitative estimate of drug-likeness (QED) is 0.656. The highest BCUT2D eigenvalue weighted by Crippen LogP contribution is 2.26. The van der Waals surface area contributed by atoms with Crippen LogP contribution < -0.4 is 5.32 Å². The Morgan fingerprint density at radius 2 is 2.15 bits per heavy atom. The van der Waals surface area contributed by atoms with Crippen LogP contribution in [0.15, 0.2) is 6.33 Å². The molecule has 1 saturated carbocycles. The minimum Gasteiger partial charge on any atom is -0.391 e. The Hall–Kier alpha value is -1.40. The molecule has 0 aliphatic heterocycles. The normalized spacial score (nSPS) is 23.8. The van der Waals surface area contributed by atoms with Crippen LogP contribution >= 0.6 is 11.6 Å². The summed E-state index contributed by atoms with van der Waals surface area (Å²) < 4.78 is 1.64. The van der Waals surface area contributed by atoms with Crippen LogP contribution in [-0.4, -0.2) is 36.8 Å². The smallest absolute Gasteiger partial charge is 0.255 e. The number of anilines is 1. The summed E-state index contributed by atoms with van der Waals surface area (Å²) in [5, 5.41) is 18.2. The average Bonchev–Trinajstić information content (AvgIpc) is 2.79. The number of fused-ring (bicyclic) bond motifs is 1. The summed E-state index contributed by atoms with van der Waals surface area (Å²) in [7, 11) is 0. The van der Waals surface area contributed by atoms with Gasteiger partial charge in [-0.05, 0) is 19.8 Å². The predicted molar refractivity (Wildman–Crippen MR) is 77.0 cm³/mol. The van der Waals surface area contributed by atoms with Crippen molar-refractivity contribution in [2.75, 3.05) is 5.32 Å². The monoisotopic (exact) mass is 295 g/mol. The van der Waals surface area contributed by atoms with Crippen LogP contribution in [0.3, 0.4) is 0 Å². The number of aliphatic hydroxyl groups excluding tert-OH is 1. The Labute approximate surface area is 122 Å². The lowest BCUT2D eigenvalue weighted by Crippen LogP contribution is -2.33. The second-order valence-electron chi connectivity index (χ2n) is 5.30. The molecule has 1 fully saturated rings. The van der Waals surface area contributed by atoms with Crippen molar-refractivity contribution in [1.82, 2.24) is 19.6 Å². The van der Waals surface area contributed by atoms with Gasteiger partial charge in [-0.3, -0.25) is 0 Å². The lowest BCUT2D eigenvalue weighted by Gasteiger charge is -2.24. The molecular weight excluding hydrogens is 278 g/mol. The van der Waals surface area contributed by atoms with Crippen LogP contribution in [0.2, 0.25) is 5.15 Å². The van der Waals surface area contributed by atoms with Crippen LogP contribution in [-0.2, 0) is 0 Å². The molecule has 108 valence electrons. The molecule has 2 N–H and O–H groups in total. The van der Waals surface area contributed by atoms with Crippen LogP contribution in [0.5, 0.6) is 0 Å². The first-order valence-electron chi connectivity index (χ1n) is 6.97. The number of nitrogens with zero attached hydrogens (tertiary/aromatic N) is 4. The molecule has 1 aliphatic carbocycles. The van der Waals surface area contributed by atoms with E-state index in [1.165, 1.54) is 12.7 Å². The lowest BCUT2D eigenvalue weighted by molar-refractivity contribution is 0.144. The van der Waals surface area contributed by atoms with Crippen LogP contribution in [0.4, 0.5) is 5.82 Å². The fourth-order valence-electron chi connectivity index (χ4n) is 2.70. The van der Waals surface area contributed by atoms with E-state index in [0.717, 1.165) is 37.1 Å². The van der Waals surface area contributed by atoms with E-state index in [1.807, 2.05) is 6.92 Å². The van der Waals surface area contributed by atoms with E-state index in [0.29, 0.717) is 10.9 Å². The molecule has 0 bridgehead atoms. The van der Waals surface area contributed by atoms with Gasteiger partial charge in [-0.1, -0.05) is 30.9 Å². The molecule has 2 atom stereocenters. The van der Waals surface area contributed by atoms with Crippen molar-refractivity contribution in [2.45, 2.75) is 51.2 Å². The van der Waals surface area contributed by atoms with Crippen molar-refractivity contribution < 1.29 is 5.11 Å². The molecule has 3 rings (SSSR count). The van der Waals surface area contributed by atoms with Crippen molar-refractivity contribution in [3.63, 3.8) is 0 Å². The largest absolute Gasteiger partial charge is 0.391 e. The summed E-state index contributed by atoms with van der Waals surface area (Å²) in [6, 6.07) is 0.0158. The molecule has 0 amide bonds. The molecule has 2 aromatic rings. The van der Waals surface area contributed by atoms with E-state index in [4.69, 9.17) is 11.6 Å². The number of rotatable bonds is 2. The van der Waals surface area contributed by atoms with E-state index in [9.17, 15) is 5.11 Å². The van der Waals surface area contributed by atoms with Gasteiger partial charge in [0, 0.05) is 5.56 Å². The van der Waals surface area contributed by atoms with E-state index < -0.39 is 0 Å². The second kappa shape index (κ2) is 5.54. The van der Waals surface area contributed by atoms with E-state index >= 15 is 0 Å². The van der Waals surface area contributed by atoms with E-state index in [-0.39, 0.29) is 12.1 Å². The third-order valence-electron chi connectivity index (χ3n) is 3.91. The fraction of sp³-hybridized carbons (Fsp3) is 0.615. The van der Waals surface area contributed by atoms with Crippen molar-refractivity contribution in [3.05, 3.63) is 17.0 Å². The average molecular weight is 296 g/mol. The highest BCUT2D eigenvalue weighted by Gasteiger charge is 2.24. The van der Waals surface area contributed by atoms with Gasteiger partial charge in [0.05, 0.1) is 12.1 Å². The van der Waals surface area contributed by atoms with Gasteiger partial charge in [-0.2, -0.15) is 19.6 Å². The first-order valence-corrected chi connectivity index (χ1v) is 7.35. The van der Waals surface area contributed by atoms with Gasteiger partial charge in [0.2, 0.25) is 0 Å². The highest BCUT2D eigenvalue weighted by atomic mass is 35.5. The van der Waals surface area contributed by atoms with Crippen molar-refractivity contribution in [3.8, 4) is 0 Å². The first kappa shape index (κ1) is 13.6. The molecule has 0 radical (unpaired) electrons. The minimum atomic E-state index is -0.345. The number of aromatic nitrogens is 4. The van der Waals surface area contributed by atoms with Gasteiger partial charge in [0.1, 0.15) is 17.3 Å². The second-order valence-corrected chi connectivity index (χ2v) is 5.66. The number of hydrogen-bond donors (Lipinski definition) is 2. The summed E-state index contributed by atoms with van der Waals surface area (Å²) in [5.41, 5.74) is 0.820.